The molecular weight excluding hydrogens is 206 g/mol. The number of aliphatic carboxylic acids is 1. The lowest BCUT2D eigenvalue weighted by Crippen LogP contribution is -2.25. The molecule has 0 radical (unpaired) electrons. The fraction of sp³-hybridized carbons (Fsp3) is 0.667. The summed E-state index contributed by atoms with van der Waals surface area (Å²) in [6, 6.07) is 0. The second-order valence-electron chi connectivity index (χ2n) is 3.73. The molecule has 0 bridgehead atoms. The van der Waals surface area contributed by atoms with Crippen LogP contribution < -0.4 is 5.32 Å². The number of rotatable bonds is 8. The molecule has 0 fully saturated rings. The Morgan fingerprint density at radius 1 is 1.44 bits per heavy atom. The molecule has 4 nitrogen and oxygen atoms in total. The lowest BCUT2D eigenvalue weighted by atomic mass is 9.97. The van der Waals surface area contributed by atoms with Gasteiger partial charge in [-0.25, -0.2) is 0 Å². The second-order valence-corrected chi connectivity index (χ2v) is 3.73. The Bertz CT molecular complexity index is 268. The molecule has 0 aromatic rings. The van der Waals surface area contributed by atoms with E-state index >= 15 is 0 Å². The van der Waals surface area contributed by atoms with Crippen molar-refractivity contribution in [3.63, 3.8) is 0 Å². The molecule has 0 aromatic heterocycles. The summed E-state index contributed by atoms with van der Waals surface area (Å²) in [5.41, 5.74) is 0. The van der Waals surface area contributed by atoms with Crippen molar-refractivity contribution in [2.24, 2.45) is 5.92 Å². The topological polar surface area (TPSA) is 66.4 Å². The van der Waals surface area contributed by atoms with E-state index in [9.17, 15) is 9.59 Å². The van der Waals surface area contributed by atoms with Crippen molar-refractivity contribution in [2.75, 3.05) is 6.54 Å². The maximum absolute atomic E-state index is 11.0. The zero-order valence-corrected chi connectivity index (χ0v) is 9.66. The lowest BCUT2D eigenvalue weighted by Gasteiger charge is -2.13. The van der Waals surface area contributed by atoms with Crippen molar-refractivity contribution in [2.45, 2.75) is 39.0 Å². The molecule has 2 N–H and O–H groups in total. The summed E-state index contributed by atoms with van der Waals surface area (Å²) in [5, 5.41) is 11.3. The first kappa shape index (κ1) is 14.5. The van der Waals surface area contributed by atoms with Gasteiger partial charge in [-0.1, -0.05) is 19.3 Å². The Kier molecular flexibility index (Phi) is 7.96. The average molecular weight is 225 g/mol. The Morgan fingerprint density at radius 2 is 2.12 bits per heavy atom. The molecule has 4 heteroatoms. The monoisotopic (exact) mass is 225 g/mol. The van der Waals surface area contributed by atoms with Crippen LogP contribution in [0.1, 0.15) is 39.0 Å². The third-order valence-electron chi connectivity index (χ3n) is 2.48. The number of hydrogen-bond donors (Lipinski definition) is 2. The molecule has 0 spiro atoms. The maximum Gasteiger partial charge on any atom is 0.303 e. The van der Waals surface area contributed by atoms with Gasteiger partial charge in [-0.15, -0.1) is 6.42 Å². The summed E-state index contributed by atoms with van der Waals surface area (Å²) in [6.45, 7) is 2.59. The van der Waals surface area contributed by atoms with E-state index in [4.69, 9.17) is 11.5 Å². The van der Waals surface area contributed by atoms with Crippen LogP contribution in [0.15, 0.2) is 0 Å². The van der Waals surface area contributed by atoms with E-state index in [0.29, 0.717) is 18.9 Å². The minimum atomic E-state index is -0.769. The molecule has 0 aliphatic carbocycles. The van der Waals surface area contributed by atoms with Gasteiger partial charge in [0.25, 0.3) is 0 Å². The van der Waals surface area contributed by atoms with Gasteiger partial charge in [0, 0.05) is 13.0 Å². The molecule has 0 rings (SSSR count). The van der Waals surface area contributed by atoms with Crippen LogP contribution in [0.3, 0.4) is 0 Å². The molecule has 1 amide bonds. The standard InChI is InChI=1S/C12H19NO3/c1-3-5-11(14)13-9-8-10(4-2)6-7-12(15)16/h1,10H,4-9H2,2H3,(H,13,14)(H,15,16). The Balaban J connectivity index is 3.67. The highest BCUT2D eigenvalue weighted by Crippen LogP contribution is 2.14. The highest BCUT2D eigenvalue weighted by atomic mass is 16.4. The van der Waals surface area contributed by atoms with Crippen LogP contribution in [0.2, 0.25) is 0 Å². The molecular formula is C12H19NO3. The van der Waals surface area contributed by atoms with E-state index in [0.717, 1.165) is 12.8 Å². The second kappa shape index (κ2) is 8.78. The van der Waals surface area contributed by atoms with Gasteiger partial charge < -0.3 is 10.4 Å². The fourth-order valence-corrected chi connectivity index (χ4v) is 1.45. The molecule has 0 saturated carbocycles. The summed E-state index contributed by atoms with van der Waals surface area (Å²) in [7, 11) is 0. The van der Waals surface area contributed by atoms with Gasteiger partial charge in [-0.05, 0) is 18.8 Å². The number of carbonyl (C=O) groups is 2. The first-order valence-electron chi connectivity index (χ1n) is 5.52. The zero-order chi connectivity index (χ0) is 12.4. The maximum atomic E-state index is 11.0. The number of carbonyl (C=O) groups excluding carboxylic acids is 1. The van der Waals surface area contributed by atoms with Gasteiger partial charge in [-0.2, -0.15) is 0 Å². The highest BCUT2D eigenvalue weighted by molar-refractivity contribution is 5.78. The van der Waals surface area contributed by atoms with Crippen molar-refractivity contribution in [3.8, 4) is 12.3 Å². The van der Waals surface area contributed by atoms with E-state index in [-0.39, 0.29) is 18.7 Å². The van der Waals surface area contributed by atoms with E-state index in [1.165, 1.54) is 0 Å². The Morgan fingerprint density at radius 3 is 2.62 bits per heavy atom. The third kappa shape index (κ3) is 7.86. The molecule has 0 aromatic carbocycles. The average Bonchev–Trinajstić information content (AvgIpc) is 2.23. The van der Waals surface area contributed by atoms with Gasteiger partial charge in [-0.3, -0.25) is 9.59 Å². The Labute approximate surface area is 96.4 Å². The van der Waals surface area contributed by atoms with Crippen molar-refractivity contribution < 1.29 is 14.7 Å². The predicted molar refractivity (Wildman–Crippen MR) is 61.7 cm³/mol. The van der Waals surface area contributed by atoms with E-state index in [1.807, 2.05) is 6.92 Å². The van der Waals surface area contributed by atoms with Gasteiger partial charge in [0.15, 0.2) is 0 Å². The molecule has 16 heavy (non-hydrogen) atoms. The van der Waals surface area contributed by atoms with E-state index in [1.54, 1.807) is 0 Å². The summed E-state index contributed by atoms with van der Waals surface area (Å²) in [6.07, 6.45) is 7.68. The molecule has 1 unspecified atom stereocenters. The van der Waals surface area contributed by atoms with E-state index in [2.05, 4.69) is 11.2 Å². The van der Waals surface area contributed by atoms with Crippen LogP contribution in [0, 0.1) is 18.3 Å². The van der Waals surface area contributed by atoms with Crippen LogP contribution >= 0.6 is 0 Å². The predicted octanol–water partition coefficient (Wildman–Crippen LogP) is 1.41. The number of nitrogens with one attached hydrogen (secondary N) is 1. The molecule has 0 heterocycles. The minimum Gasteiger partial charge on any atom is -0.481 e. The lowest BCUT2D eigenvalue weighted by molar-refractivity contribution is -0.137. The highest BCUT2D eigenvalue weighted by Gasteiger charge is 2.09. The number of carboxylic acids is 1. The first-order valence-corrected chi connectivity index (χ1v) is 5.52. The van der Waals surface area contributed by atoms with E-state index < -0.39 is 5.97 Å². The Hall–Kier alpha value is -1.50. The summed E-state index contributed by atoms with van der Waals surface area (Å²) >= 11 is 0. The molecule has 1 atom stereocenters. The van der Waals surface area contributed by atoms with Crippen LogP contribution in [0.5, 0.6) is 0 Å². The number of hydrogen-bond acceptors (Lipinski definition) is 2. The number of amides is 1. The number of terminal acetylenes is 1. The van der Waals surface area contributed by atoms with Crippen LogP contribution in [-0.4, -0.2) is 23.5 Å². The van der Waals surface area contributed by atoms with Gasteiger partial charge in [0.1, 0.15) is 0 Å². The van der Waals surface area contributed by atoms with Crippen molar-refractivity contribution in [1.82, 2.24) is 5.32 Å². The minimum absolute atomic E-state index is 0.103. The van der Waals surface area contributed by atoms with Crippen LogP contribution in [0.25, 0.3) is 0 Å². The van der Waals surface area contributed by atoms with Gasteiger partial charge in [0.05, 0.1) is 6.42 Å². The smallest absolute Gasteiger partial charge is 0.303 e. The summed E-state index contributed by atoms with van der Waals surface area (Å²) in [4.78, 5) is 21.4. The molecule has 0 aliphatic heterocycles. The van der Waals surface area contributed by atoms with Crippen molar-refractivity contribution >= 4 is 11.9 Å². The van der Waals surface area contributed by atoms with Crippen LogP contribution in [0.4, 0.5) is 0 Å². The molecule has 0 saturated heterocycles. The number of carboxylic acid groups (broad SMARTS) is 1. The van der Waals surface area contributed by atoms with Crippen LogP contribution in [-0.2, 0) is 9.59 Å². The van der Waals surface area contributed by atoms with Crippen molar-refractivity contribution in [3.05, 3.63) is 0 Å². The normalized spacial score (nSPS) is 11.5. The molecule has 90 valence electrons. The SMILES string of the molecule is C#CCC(=O)NCCC(CC)CCC(=O)O. The quantitative estimate of drug-likeness (QED) is 0.614. The largest absolute Gasteiger partial charge is 0.481 e. The van der Waals surface area contributed by atoms with Crippen molar-refractivity contribution in [1.29, 1.82) is 0 Å². The summed E-state index contributed by atoms with van der Waals surface area (Å²) in [5.74, 6) is 1.71. The van der Waals surface area contributed by atoms with Gasteiger partial charge >= 0.3 is 5.97 Å². The summed E-state index contributed by atoms with van der Waals surface area (Å²) < 4.78 is 0. The van der Waals surface area contributed by atoms with Gasteiger partial charge in [0.2, 0.25) is 5.91 Å². The fourth-order valence-electron chi connectivity index (χ4n) is 1.45. The third-order valence-corrected chi connectivity index (χ3v) is 2.48. The zero-order valence-electron chi connectivity index (χ0n) is 9.66. The first-order chi connectivity index (χ1) is 7.60. The molecule has 0 aliphatic rings.